The molecule has 2 rings (SSSR count). The predicted molar refractivity (Wildman–Crippen MR) is 89.5 cm³/mol. The summed E-state index contributed by atoms with van der Waals surface area (Å²) in [5.41, 5.74) is 0.719. The van der Waals surface area contributed by atoms with E-state index in [0.717, 1.165) is 6.42 Å². The van der Waals surface area contributed by atoms with Gasteiger partial charge >= 0.3 is 5.97 Å². The van der Waals surface area contributed by atoms with Crippen LogP contribution in [-0.4, -0.2) is 36.1 Å². The van der Waals surface area contributed by atoms with Crippen molar-refractivity contribution in [1.82, 2.24) is 5.32 Å². The van der Waals surface area contributed by atoms with Gasteiger partial charge in [0, 0.05) is 18.9 Å². The van der Waals surface area contributed by atoms with Gasteiger partial charge in [0.1, 0.15) is 5.71 Å². The molecule has 0 aromatic heterocycles. The van der Waals surface area contributed by atoms with Crippen LogP contribution in [0.15, 0.2) is 35.4 Å². The molecule has 24 heavy (non-hydrogen) atoms. The minimum absolute atomic E-state index is 0.0226. The lowest BCUT2D eigenvalue weighted by Crippen LogP contribution is -2.38. The standard InChI is InChI=1S/C17H21N3O4/c1-3-12(2)18-15(21)11-24-17(23)14-9-10-16(22)20(19-14)13-7-5-4-6-8-13/h4-8,12H,3,9-11H2,1-2H3,(H,18,21). The summed E-state index contributed by atoms with van der Waals surface area (Å²) in [6, 6.07) is 8.87. The second-order valence-electron chi connectivity index (χ2n) is 5.54. The first-order chi connectivity index (χ1) is 11.5. The second-order valence-corrected chi connectivity index (χ2v) is 5.54. The predicted octanol–water partition coefficient (Wildman–Crippen LogP) is 1.63. The van der Waals surface area contributed by atoms with E-state index >= 15 is 0 Å². The molecule has 0 saturated carbocycles. The molecule has 1 N–H and O–H groups in total. The van der Waals surface area contributed by atoms with Crippen molar-refractivity contribution in [1.29, 1.82) is 0 Å². The van der Waals surface area contributed by atoms with Gasteiger partial charge in [-0.3, -0.25) is 9.59 Å². The number of nitrogens with one attached hydrogen (secondary N) is 1. The number of hydrogen-bond acceptors (Lipinski definition) is 5. The van der Waals surface area contributed by atoms with Crippen molar-refractivity contribution in [3.63, 3.8) is 0 Å². The van der Waals surface area contributed by atoms with Crippen LogP contribution >= 0.6 is 0 Å². The zero-order valence-corrected chi connectivity index (χ0v) is 13.8. The number of rotatable bonds is 6. The molecule has 1 aromatic carbocycles. The molecule has 2 amide bonds. The summed E-state index contributed by atoms with van der Waals surface area (Å²) >= 11 is 0. The zero-order chi connectivity index (χ0) is 17.5. The van der Waals surface area contributed by atoms with E-state index < -0.39 is 5.97 Å². The van der Waals surface area contributed by atoms with Crippen LogP contribution in [0.2, 0.25) is 0 Å². The number of benzene rings is 1. The molecule has 1 aliphatic rings. The molecular formula is C17H21N3O4. The van der Waals surface area contributed by atoms with Crippen LogP contribution in [0.25, 0.3) is 0 Å². The van der Waals surface area contributed by atoms with Crippen LogP contribution in [0.4, 0.5) is 5.69 Å². The molecule has 0 aliphatic carbocycles. The fourth-order valence-electron chi connectivity index (χ4n) is 2.10. The lowest BCUT2D eigenvalue weighted by atomic mass is 10.1. The average molecular weight is 331 g/mol. The van der Waals surface area contributed by atoms with Crippen molar-refractivity contribution in [3.8, 4) is 0 Å². The van der Waals surface area contributed by atoms with Gasteiger partial charge in [-0.1, -0.05) is 25.1 Å². The Morgan fingerprint density at radius 2 is 2.00 bits per heavy atom. The summed E-state index contributed by atoms with van der Waals surface area (Å²) in [6.45, 7) is 3.46. The van der Waals surface area contributed by atoms with Gasteiger partial charge in [0.2, 0.25) is 5.91 Å². The lowest BCUT2D eigenvalue weighted by molar-refractivity contribution is -0.142. The fraction of sp³-hybridized carbons (Fsp3) is 0.412. The topological polar surface area (TPSA) is 88.1 Å². The first-order valence-corrected chi connectivity index (χ1v) is 7.93. The molecule has 1 unspecified atom stereocenters. The minimum atomic E-state index is -0.678. The Hall–Kier alpha value is -2.70. The molecule has 7 heteroatoms. The largest absolute Gasteiger partial charge is 0.451 e. The van der Waals surface area contributed by atoms with E-state index in [1.807, 2.05) is 19.9 Å². The highest BCUT2D eigenvalue weighted by atomic mass is 16.5. The van der Waals surface area contributed by atoms with Gasteiger partial charge in [0.15, 0.2) is 6.61 Å². The van der Waals surface area contributed by atoms with Crippen molar-refractivity contribution >= 4 is 29.2 Å². The van der Waals surface area contributed by atoms with Crippen LogP contribution in [0.3, 0.4) is 0 Å². The van der Waals surface area contributed by atoms with Gasteiger partial charge in [-0.25, -0.2) is 9.80 Å². The molecule has 0 spiro atoms. The van der Waals surface area contributed by atoms with Crippen molar-refractivity contribution in [2.75, 3.05) is 11.6 Å². The summed E-state index contributed by atoms with van der Waals surface area (Å²) in [6.07, 6.45) is 1.16. The van der Waals surface area contributed by atoms with Gasteiger partial charge in [-0.15, -0.1) is 0 Å². The van der Waals surface area contributed by atoms with E-state index in [0.29, 0.717) is 5.69 Å². The van der Waals surface area contributed by atoms with Crippen molar-refractivity contribution in [2.45, 2.75) is 39.2 Å². The van der Waals surface area contributed by atoms with Crippen LogP contribution in [0.1, 0.15) is 33.1 Å². The number of nitrogens with zero attached hydrogens (tertiary/aromatic N) is 2. The monoisotopic (exact) mass is 331 g/mol. The molecule has 7 nitrogen and oxygen atoms in total. The third-order valence-corrected chi connectivity index (χ3v) is 3.62. The molecule has 0 saturated heterocycles. The quantitative estimate of drug-likeness (QED) is 0.803. The highest BCUT2D eigenvalue weighted by Crippen LogP contribution is 2.19. The average Bonchev–Trinajstić information content (AvgIpc) is 2.60. The number of esters is 1. The number of anilines is 1. The van der Waals surface area contributed by atoms with Gasteiger partial charge in [0.25, 0.3) is 5.91 Å². The molecule has 1 aromatic rings. The number of carbonyl (C=O) groups excluding carboxylic acids is 3. The Bertz CT molecular complexity index is 642. The molecule has 0 radical (unpaired) electrons. The van der Waals surface area contributed by atoms with Gasteiger partial charge in [0.05, 0.1) is 5.69 Å². The molecule has 0 fully saturated rings. The first-order valence-electron chi connectivity index (χ1n) is 7.93. The summed E-state index contributed by atoms with van der Waals surface area (Å²) in [5.74, 6) is -1.22. The summed E-state index contributed by atoms with van der Waals surface area (Å²) in [4.78, 5) is 35.7. The third-order valence-electron chi connectivity index (χ3n) is 3.62. The van der Waals surface area contributed by atoms with E-state index in [1.165, 1.54) is 5.01 Å². The van der Waals surface area contributed by atoms with Gasteiger partial charge in [-0.05, 0) is 25.5 Å². The molecule has 0 bridgehead atoms. The van der Waals surface area contributed by atoms with Crippen LogP contribution in [0, 0.1) is 0 Å². The highest BCUT2D eigenvalue weighted by molar-refractivity contribution is 6.38. The van der Waals surface area contributed by atoms with Crippen molar-refractivity contribution < 1.29 is 19.1 Å². The second kappa shape index (κ2) is 8.24. The molecule has 128 valence electrons. The number of carbonyl (C=O) groups is 3. The Balaban J connectivity index is 1.99. The number of para-hydroxylation sites is 1. The maximum atomic E-state index is 12.1. The normalized spacial score (nSPS) is 15.5. The Morgan fingerprint density at radius 1 is 1.29 bits per heavy atom. The summed E-state index contributed by atoms with van der Waals surface area (Å²) in [5, 5.41) is 7.98. The van der Waals surface area contributed by atoms with Gasteiger partial charge in [-0.2, -0.15) is 5.10 Å². The molecule has 1 aliphatic heterocycles. The third kappa shape index (κ3) is 4.65. The van der Waals surface area contributed by atoms with E-state index in [-0.39, 0.29) is 43.0 Å². The summed E-state index contributed by atoms with van der Waals surface area (Å²) in [7, 11) is 0. The van der Waals surface area contributed by atoms with Gasteiger partial charge < -0.3 is 10.1 Å². The molecule has 1 heterocycles. The highest BCUT2D eigenvalue weighted by Gasteiger charge is 2.26. The Morgan fingerprint density at radius 3 is 2.67 bits per heavy atom. The van der Waals surface area contributed by atoms with E-state index in [4.69, 9.17) is 4.74 Å². The zero-order valence-electron chi connectivity index (χ0n) is 13.8. The van der Waals surface area contributed by atoms with Crippen molar-refractivity contribution in [2.24, 2.45) is 5.10 Å². The first kappa shape index (κ1) is 17.7. The Labute approximate surface area is 140 Å². The van der Waals surface area contributed by atoms with E-state index in [9.17, 15) is 14.4 Å². The van der Waals surface area contributed by atoms with Crippen molar-refractivity contribution in [3.05, 3.63) is 30.3 Å². The smallest absolute Gasteiger partial charge is 0.355 e. The summed E-state index contributed by atoms with van der Waals surface area (Å²) < 4.78 is 4.99. The van der Waals surface area contributed by atoms with Crippen LogP contribution in [0.5, 0.6) is 0 Å². The van der Waals surface area contributed by atoms with Crippen LogP contribution in [-0.2, 0) is 19.1 Å². The van der Waals surface area contributed by atoms with E-state index in [2.05, 4.69) is 10.4 Å². The number of hydrazone groups is 1. The Kier molecular flexibility index (Phi) is 6.06. The van der Waals surface area contributed by atoms with Crippen LogP contribution < -0.4 is 10.3 Å². The maximum absolute atomic E-state index is 12.1. The maximum Gasteiger partial charge on any atom is 0.355 e. The minimum Gasteiger partial charge on any atom is -0.451 e. The fourth-order valence-corrected chi connectivity index (χ4v) is 2.10. The van der Waals surface area contributed by atoms with E-state index in [1.54, 1.807) is 24.3 Å². The number of amides is 2. The number of hydrogen-bond donors (Lipinski definition) is 1. The number of ether oxygens (including phenoxy) is 1. The lowest BCUT2D eigenvalue weighted by Gasteiger charge is -2.22. The molecule has 1 atom stereocenters. The SMILES string of the molecule is CCC(C)NC(=O)COC(=O)C1=NN(c2ccccc2)C(=O)CC1. The molecular weight excluding hydrogens is 310 g/mol.